The van der Waals surface area contributed by atoms with Crippen molar-refractivity contribution >= 4 is 49.8 Å². The summed E-state index contributed by atoms with van der Waals surface area (Å²) in [6, 6.07) is 1.63. The number of aromatic nitrogens is 5. The molecular formula is C18H16B2Cl2N6O4. The van der Waals surface area contributed by atoms with Crippen molar-refractivity contribution in [1.82, 2.24) is 25.0 Å². The van der Waals surface area contributed by atoms with Crippen molar-refractivity contribution in [2.75, 3.05) is 0 Å². The molecule has 0 unspecified atom stereocenters. The number of benzene rings is 1. The van der Waals surface area contributed by atoms with Gasteiger partial charge in [0.05, 0.1) is 15.7 Å². The number of ether oxygens (including phenoxy) is 1. The van der Waals surface area contributed by atoms with Gasteiger partial charge >= 0.3 is 5.69 Å². The van der Waals surface area contributed by atoms with Crippen molar-refractivity contribution < 1.29 is 4.74 Å². The van der Waals surface area contributed by atoms with Crippen LogP contribution in [-0.2, 0) is 0 Å². The lowest BCUT2D eigenvalue weighted by Crippen LogP contribution is -2.39. The Morgan fingerprint density at radius 3 is 2.25 bits per heavy atom. The molecule has 0 saturated carbocycles. The number of H-pyrrole nitrogens is 2. The number of nitrogens with one attached hydrogen (secondary N) is 2. The fourth-order valence-corrected chi connectivity index (χ4v) is 3.87. The minimum atomic E-state index is -0.901. The van der Waals surface area contributed by atoms with E-state index in [4.69, 9.17) is 33.2 Å². The highest BCUT2D eigenvalue weighted by molar-refractivity contribution is 6.55. The summed E-state index contributed by atoms with van der Waals surface area (Å²) < 4.78 is 6.75. The van der Waals surface area contributed by atoms with Crippen LogP contribution < -0.4 is 32.5 Å². The van der Waals surface area contributed by atoms with Crippen LogP contribution in [0.15, 0.2) is 14.4 Å². The molecule has 0 spiro atoms. The van der Waals surface area contributed by atoms with Gasteiger partial charge in [-0.15, -0.1) is 10.2 Å². The van der Waals surface area contributed by atoms with Gasteiger partial charge < -0.3 is 4.74 Å². The van der Waals surface area contributed by atoms with E-state index in [1.807, 2.05) is 18.8 Å². The van der Waals surface area contributed by atoms with Gasteiger partial charge in [0.25, 0.3) is 11.1 Å². The van der Waals surface area contributed by atoms with E-state index in [1.54, 1.807) is 28.7 Å². The molecule has 0 amide bonds. The zero-order valence-electron chi connectivity index (χ0n) is 17.8. The Balaban J connectivity index is 2.24. The van der Waals surface area contributed by atoms with Gasteiger partial charge in [-0.3, -0.25) is 14.6 Å². The van der Waals surface area contributed by atoms with E-state index >= 15 is 0 Å². The third-order valence-electron chi connectivity index (χ3n) is 4.92. The van der Waals surface area contributed by atoms with E-state index in [0.717, 1.165) is 4.68 Å². The quantitative estimate of drug-likeness (QED) is 0.459. The summed E-state index contributed by atoms with van der Waals surface area (Å²) >= 11 is 13.1. The van der Waals surface area contributed by atoms with E-state index in [-0.39, 0.29) is 38.8 Å². The molecule has 0 fully saturated rings. The fourth-order valence-electron chi connectivity index (χ4n) is 3.38. The Bertz CT molecular complexity index is 1440. The van der Waals surface area contributed by atoms with Crippen molar-refractivity contribution in [3.05, 3.63) is 58.1 Å². The van der Waals surface area contributed by atoms with Crippen molar-refractivity contribution in [2.45, 2.75) is 26.7 Å². The Morgan fingerprint density at radius 2 is 1.72 bits per heavy atom. The van der Waals surface area contributed by atoms with Crippen LogP contribution in [-0.4, -0.2) is 40.7 Å². The van der Waals surface area contributed by atoms with Gasteiger partial charge in [-0.2, -0.15) is 9.94 Å². The van der Waals surface area contributed by atoms with Gasteiger partial charge in [0.2, 0.25) is 11.6 Å². The first-order valence-corrected chi connectivity index (χ1v) is 10.1. The normalized spacial score (nSPS) is 10.9. The van der Waals surface area contributed by atoms with Crippen LogP contribution in [0.2, 0.25) is 10.0 Å². The first-order chi connectivity index (χ1) is 15.0. The lowest BCUT2D eigenvalue weighted by Gasteiger charge is -2.19. The van der Waals surface area contributed by atoms with Crippen LogP contribution in [0.1, 0.15) is 36.6 Å². The van der Waals surface area contributed by atoms with Gasteiger partial charge in [0.15, 0.2) is 5.75 Å². The molecule has 0 aliphatic heterocycles. The number of nitriles is 1. The highest BCUT2D eigenvalue weighted by atomic mass is 35.5. The zero-order chi connectivity index (χ0) is 23.9. The predicted octanol–water partition coefficient (Wildman–Crippen LogP) is -1.08. The number of rotatable bonds is 4. The summed E-state index contributed by atoms with van der Waals surface area (Å²) in [5.74, 6) is 0.116. The van der Waals surface area contributed by atoms with Gasteiger partial charge in [-0.25, -0.2) is 9.89 Å². The molecule has 3 rings (SSSR count). The second kappa shape index (κ2) is 8.68. The number of hydrogen-bond donors (Lipinski definition) is 2. The average molecular weight is 473 g/mol. The SMILES string of the molecule is Bc1c(Cl)c(Oc2n[nH]c(=O)c(C(C)C)c2C)c(Cl)c(B)c1-n1nc(C#N)c(=O)[nH]c1=O. The molecule has 0 aliphatic carbocycles. The zero-order valence-corrected chi connectivity index (χ0v) is 19.3. The molecule has 2 aromatic heterocycles. The molecule has 2 N–H and O–H groups in total. The largest absolute Gasteiger partial charge is 0.434 e. The van der Waals surface area contributed by atoms with E-state index in [1.165, 1.54) is 0 Å². The number of halogens is 2. The summed E-state index contributed by atoms with van der Waals surface area (Å²) in [6.45, 7) is 5.44. The molecule has 1 aromatic carbocycles. The van der Waals surface area contributed by atoms with Crippen LogP contribution in [0, 0.1) is 18.3 Å². The lowest BCUT2D eigenvalue weighted by molar-refractivity contribution is 0.448. The van der Waals surface area contributed by atoms with Crippen molar-refractivity contribution in [3.8, 4) is 23.4 Å². The molecule has 0 aliphatic rings. The summed E-state index contributed by atoms with van der Waals surface area (Å²) in [5, 5.41) is 19.4. The second-order valence-corrected chi connectivity index (χ2v) is 8.10. The molecule has 32 heavy (non-hydrogen) atoms. The molecule has 0 bridgehead atoms. The smallest absolute Gasteiger partial charge is 0.349 e. The van der Waals surface area contributed by atoms with E-state index in [9.17, 15) is 14.4 Å². The first-order valence-electron chi connectivity index (χ1n) is 9.38. The van der Waals surface area contributed by atoms with Gasteiger partial charge in [0.1, 0.15) is 21.8 Å². The third kappa shape index (κ3) is 3.85. The van der Waals surface area contributed by atoms with Crippen molar-refractivity contribution in [2.24, 2.45) is 0 Å². The standard InChI is InChI=1S/C18H16B2Cl2N6O4/c1-5(2)8-6(3)17(26-25-16(8)30)32-14-11(21)9(19)13(10(20)12(14)22)28-18(31)24-15(29)7(4-23)27-28/h5H,19-20H2,1-3H3,(H,25,30)(H,24,29,31). The topological polar surface area (TPSA) is 147 Å². The van der Waals surface area contributed by atoms with Crippen molar-refractivity contribution in [3.63, 3.8) is 0 Å². The average Bonchev–Trinajstić information content (AvgIpc) is 2.72. The second-order valence-electron chi connectivity index (χ2n) is 7.34. The molecule has 3 aromatic rings. The third-order valence-corrected chi connectivity index (χ3v) is 5.83. The number of hydrogen-bond acceptors (Lipinski definition) is 7. The highest BCUT2D eigenvalue weighted by Crippen LogP contribution is 2.36. The number of nitrogens with zero attached hydrogens (tertiary/aromatic N) is 4. The first kappa shape index (κ1) is 23.4. The van der Waals surface area contributed by atoms with Crippen LogP contribution >= 0.6 is 23.2 Å². The monoisotopic (exact) mass is 472 g/mol. The molecule has 162 valence electrons. The maximum absolute atomic E-state index is 12.4. The Labute approximate surface area is 193 Å². The van der Waals surface area contributed by atoms with Crippen LogP contribution in [0.25, 0.3) is 5.69 Å². The Morgan fingerprint density at radius 1 is 1.12 bits per heavy atom. The molecule has 14 heteroatoms. The summed E-state index contributed by atoms with van der Waals surface area (Å²) in [4.78, 5) is 38.2. The molecule has 10 nitrogen and oxygen atoms in total. The molecule has 0 saturated heterocycles. The summed E-state index contributed by atoms with van der Waals surface area (Å²) in [7, 11) is 3.21. The summed E-state index contributed by atoms with van der Waals surface area (Å²) in [6.07, 6.45) is 0. The maximum Gasteiger partial charge on any atom is 0.349 e. The maximum atomic E-state index is 12.4. The Kier molecular flexibility index (Phi) is 6.34. The van der Waals surface area contributed by atoms with Gasteiger partial charge in [-0.1, -0.05) is 37.0 Å². The predicted molar refractivity (Wildman–Crippen MR) is 125 cm³/mol. The lowest BCUT2D eigenvalue weighted by atomic mass is 9.84. The van der Waals surface area contributed by atoms with Crippen LogP contribution in [0.4, 0.5) is 0 Å². The fraction of sp³-hybridized carbons (Fsp3) is 0.222. The van der Waals surface area contributed by atoms with Gasteiger partial charge in [-0.05, 0) is 23.8 Å². The minimum Gasteiger partial charge on any atom is -0.434 e. The molecular weight excluding hydrogens is 457 g/mol. The molecule has 0 radical (unpaired) electrons. The van der Waals surface area contributed by atoms with E-state index < -0.39 is 16.9 Å². The Hall–Kier alpha value is -3.29. The van der Waals surface area contributed by atoms with Crippen LogP contribution in [0.3, 0.4) is 0 Å². The van der Waals surface area contributed by atoms with Gasteiger partial charge in [0, 0.05) is 11.1 Å². The van der Waals surface area contributed by atoms with Crippen LogP contribution in [0.5, 0.6) is 11.6 Å². The highest BCUT2D eigenvalue weighted by Gasteiger charge is 2.24. The number of aromatic amines is 2. The van der Waals surface area contributed by atoms with Crippen molar-refractivity contribution in [1.29, 1.82) is 5.26 Å². The van der Waals surface area contributed by atoms with E-state index in [0.29, 0.717) is 22.1 Å². The molecule has 0 atom stereocenters. The summed E-state index contributed by atoms with van der Waals surface area (Å²) in [5.41, 5.74) is -0.609. The minimum absolute atomic E-state index is 0.0625. The molecule has 2 heterocycles. The van der Waals surface area contributed by atoms with E-state index in [2.05, 4.69) is 15.3 Å².